The average molecular weight is 222 g/mol. The number of nitrogens with zero attached hydrogens (tertiary/aromatic N) is 1. The van der Waals surface area contributed by atoms with Gasteiger partial charge >= 0.3 is 0 Å². The zero-order chi connectivity index (χ0) is 11.3. The minimum Gasteiger partial charge on any atom is -0.393 e. The van der Waals surface area contributed by atoms with E-state index in [4.69, 9.17) is 18.0 Å². The summed E-state index contributed by atoms with van der Waals surface area (Å²) in [6.07, 6.45) is 0.789. The average Bonchev–Trinajstić information content (AvgIpc) is 2.19. The summed E-state index contributed by atoms with van der Waals surface area (Å²) in [4.78, 5) is 2.81. The van der Waals surface area contributed by atoms with Crippen LogP contribution in [0.1, 0.15) is 17.5 Å². The molecule has 1 aromatic carbocycles. The molecule has 15 heavy (non-hydrogen) atoms. The number of hydrogen-bond acceptors (Lipinski definition) is 2. The van der Waals surface area contributed by atoms with Crippen molar-refractivity contribution in [3.05, 3.63) is 35.4 Å². The van der Waals surface area contributed by atoms with Gasteiger partial charge in [0.05, 0.1) is 4.99 Å². The van der Waals surface area contributed by atoms with Crippen molar-refractivity contribution in [3.8, 4) is 0 Å². The third-order valence-corrected chi connectivity index (χ3v) is 2.52. The summed E-state index contributed by atoms with van der Waals surface area (Å²) in [5.74, 6) is 0. The second-order valence-electron chi connectivity index (χ2n) is 3.94. The number of thiocarbonyl (C=S) groups is 1. The zero-order valence-corrected chi connectivity index (χ0v) is 10.2. The maximum Gasteiger partial charge on any atom is 0.0740 e. The number of benzene rings is 1. The largest absolute Gasteiger partial charge is 0.393 e. The molecule has 0 unspecified atom stereocenters. The van der Waals surface area contributed by atoms with E-state index in [2.05, 4.69) is 43.1 Å². The molecule has 0 fully saturated rings. The van der Waals surface area contributed by atoms with E-state index >= 15 is 0 Å². The molecule has 0 heterocycles. The Morgan fingerprint density at radius 3 is 2.47 bits per heavy atom. The molecule has 0 saturated carbocycles. The summed E-state index contributed by atoms with van der Waals surface area (Å²) >= 11 is 4.85. The molecule has 1 aromatic rings. The molecule has 82 valence electrons. The molecule has 0 aliphatic heterocycles. The van der Waals surface area contributed by atoms with Gasteiger partial charge in [-0.15, -0.1) is 0 Å². The molecule has 0 atom stereocenters. The lowest BCUT2D eigenvalue weighted by Gasteiger charge is -2.16. The molecule has 0 amide bonds. The van der Waals surface area contributed by atoms with Gasteiger partial charge in [0.15, 0.2) is 0 Å². The first-order chi connectivity index (χ1) is 7.08. The predicted molar refractivity (Wildman–Crippen MR) is 68.9 cm³/mol. The van der Waals surface area contributed by atoms with Crippen LogP contribution in [-0.4, -0.2) is 23.5 Å². The number of hydrogen-bond donors (Lipinski definition) is 1. The lowest BCUT2D eigenvalue weighted by molar-refractivity contribution is 0.337. The van der Waals surface area contributed by atoms with Gasteiger partial charge < -0.3 is 10.6 Å². The summed E-state index contributed by atoms with van der Waals surface area (Å²) in [7, 11) is 2.08. The molecule has 3 heteroatoms. The van der Waals surface area contributed by atoms with Crippen molar-refractivity contribution in [2.24, 2.45) is 5.73 Å². The molecule has 0 spiro atoms. The van der Waals surface area contributed by atoms with E-state index in [1.807, 2.05) is 0 Å². The van der Waals surface area contributed by atoms with Crippen LogP contribution in [0, 0.1) is 6.92 Å². The highest BCUT2D eigenvalue weighted by atomic mass is 32.1. The fraction of sp³-hybridized carbons (Fsp3) is 0.417. The minimum atomic E-state index is 0.589. The molecule has 2 nitrogen and oxygen atoms in total. The van der Waals surface area contributed by atoms with Crippen LogP contribution in [0.3, 0.4) is 0 Å². The van der Waals surface area contributed by atoms with Crippen LogP contribution in [0.5, 0.6) is 0 Å². The van der Waals surface area contributed by atoms with E-state index in [0.717, 1.165) is 19.5 Å². The van der Waals surface area contributed by atoms with Gasteiger partial charge in [0.25, 0.3) is 0 Å². The van der Waals surface area contributed by atoms with Gasteiger partial charge in [0.2, 0.25) is 0 Å². The standard InChI is InChI=1S/C12H18N2S/c1-10-3-5-11(6-4-10)9-14(2)8-7-12(13)15/h3-6H,7-9H2,1-2H3,(H2,13,15). The summed E-state index contributed by atoms with van der Waals surface area (Å²) in [5, 5.41) is 0. The Balaban J connectivity index is 2.40. The molecular weight excluding hydrogens is 204 g/mol. The molecule has 0 radical (unpaired) electrons. The minimum absolute atomic E-state index is 0.589. The second-order valence-corrected chi connectivity index (χ2v) is 4.46. The van der Waals surface area contributed by atoms with Gasteiger partial charge in [-0.05, 0) is 19.5 Å². The quantitative estimate of drug-likeness (QED) is 0.774. The first-order valence-electron chi connectivity index (χ1n) is 5.10. The van der Waals surface area contributed by atoms with Gasteiger partial charge in [0, 0.05) is 19.5 Å². The van der Waals surface area contributed by atoms with Crippen molar-refractivity contribution in [3.63, 3.8) is 0 Å². The first kappa shape index (κ1) is 12.1. The summed E-state index contributed by atoms with van der Waals surface area (Å²) < 4.78 is 0. The van der Waals surface area contributed by atoms with E-state index in [-0.39, 0.29) is 0 Å². The maximum atomic E-state index is 5.46. The van der Waals surface area contributed by atoms with Gasteiger partial charge in [-0.2, -0.15) is 0 Å². The summed E-state index contributed by atoms with van der Waals surface area (Å²) in [5.41, 5.74) is 8.08. The van der Waals surface area contributed by atoms with E-state index in [1.165, 1.54) is 11.1 Å². The Morgan fingerprint density at radius 2 is 1.93 bits per heavy atom. The van der Waals surface area contributed by atoms with Gasteiger partial charge in [-0.1, -0.05) is 42.0 Å². The Hall–Kier alpha value is -0.930. The molecule has 1 rings (SSSR count). The second kappa shape index (κ2) is 5.83. The third kappa shape index (κ3) is 4.91. The van der Waals surface area contributed by atoms with Gasteiger partial charge in [0.1, 0.15) is 0 Å². The van der Waals surface area contributed by atoms with Crippen LogP contribution in [0.4, 0.5) is 0 Å². The topological polar surface area (TPSA) is 29.3 Å². The SMILES string of the molecule is Cc1ccc(CN(C)CCC(N)=S)cc1. The molecule has 2 N–H and O–H groups in total. The molecule has 0 saturated heterocycles. The normalized spacial score (nSPS) is 10.6. The fourth-order valence-electron chi connectivity index (χ4n) is 1.39. The Kier molecular flexibility index (Phi) is 4.72. The van der Waals surface area contributed by atoms with Gasteiger partial charge in [-0.3, -0.25) is 0 Å². The smallest absolute Gasteiger partial charge is 0.0740 e. The van der Waals surface area contributed by atoms with Crippen molar-refractivity contribution in [1.29, 1.82) is 0 Å². The first-order valence-corrected chi connectivity index (χ1v) is 5.51. The highest BCUT2D eigenvalue weighted by molar-refractivity contribution is 7.80. The summed E-state index contributed by atoms with van der Waals surface area (Å²) in [6, 6.07) is 8.59. The van der Waals surface area contributed by atoms with Crippen LogP contribution in [-0.2, 0) is 6.54 Å². The van der Waals surface area contributed by atoms with Crippen molar-refractivity contribution in [1.82, 2.24) is 4.90 Å². The Bertz CT molecular complexity index is 319. The Labute approximate surface area is 97.1 Å². The molecule has 0 aliphatic carbocycles. The number of nitrogens with two attached hydrogens (primary N) is 1. The predicted octanol–water partition coefficient (Wildman–Crippen LogP) is 2.10. The third-order valence-electron chi connectivity index (χ3n) is 2.31. The van der Waals surface area contributed by atoms with E-state index in [0.29, 0.717) is 4.99 Å². The van der Waals surface area contributed by atoms with E-state index in [1.54, 1.807) is 0 Å². The number of aryl methyl sites for hydroxylation is 1. The van der Waals surface area contributed by atoms with E-state index in [9.17, 15) is 0 Å². The monoisotopic (exact) mass is 222 g/mol. The molecule has 0 bridgehead atoms. The molecule has 0 aliphatic rings. The van der Waals surface area contributed by atoms with Crippen LogP contribution in [0.25, 0.3) is 0 Å². The van der Waals surface area contributed by atoms with Crippen molar-refractivity contribution >= 4 is 17.2 Å². The van der Waals surface area contributed by atoms with Crippen LogP contribution in [0.2, 0.25) is 0 Å². The maximum absolute atomic E-state index is 5.46. The van der Waals surface area contributed by atoms with Crippen LogP contribution in [0.15, 0.2) is 24.3 Å². The fourth-order valence-corrected chi connectivity index (χ4v) is 1.48. The van der Waals surface area contributed by atoms with Crippen molar-refractivity contribution in [2.75, 3.05) is 13.6 Å². The van der Waals surface area contributed by atoms with Gasteiger partial charge in [-0.25, -0.2) is 0 Å². The van der Waals surface area contributed by atoms with Crippen molar-refractivity contribution in [2.45, 2.75) is 19.9 Å². The van der Waals surface area contributed by atoms with Crippen molar-refractivity contribution < 1.29 is 0 Å². The highest BCUT2D eigenvalue weighted by Crippen LogP contribution is 2.05. The number of rotatable bonds is 5. The molecular formula is C12H18N2S. The Morgan fingerprint density at radius 1 is 1.33 bits per heavy atom. The lowest BCUT2D eigenvalue weighted by Crippen LogP contribution is -2.23. The molecule has 0 aromatic heterocycles. The van der Waals surface area contributed by atoms with Crippen LogP contribution >= 0.6 is 12.2 Å². The lowest BCUT2D eigenvalue weighted by atomic mass is 10.1. The van der Waals surface area contributed by atoms with E-state index < -0.39 is 0 Å². The summed E-state index contributed by atoms with van der Waals surface area (Å²) in [6.45, 7) is 3.96. The van der Waals surface area contributed by atoms with Crippen LogP contribution < -0.4 is 5.73 Å². The highest BCUT2D eigenvalue weighted by Gasteiger charge is 2.00. The zero-order valence-electron chi connectivity index (χ0n) is 9.36.